The number of fused-ring (bicyclic) bond motifs is 4. The molecule has 186 valence electrons. The SMILES string of the molecule is Cc1cc(Nc2ncnc3sc4c(c23)CCN(C(=O)/C=C/CCl)C4)ccc1Oc1ccc2ncnn2c1. The number of nitrogens with zero attached hydrogens (tertiary/aromatic N) is 6. The summed E-state index contributed by atoms with van der Waals surface area (Å²) >= 11 is 7.29. The summed E-state index contributed by atoms with van der Waals surface area (Å²) in [5.74, 6) is 2.48. The molecule has 9 nitrogen and oxygen atoms in total. The van der Waals surface area contributed by atoms with Crippen molar-refractivity contribution in [3.8, 4) is 11.5 Å². The van der Waals surface area contributed by atoms with Crippen LogP contribution in [0.2, 0.25) is 0 Å². The number of aromatic nitrogens is 5. The van der Waals surface area contributed by atoms with Crippen LogP contribution in [0, 0.1) is 6.92 Å². The average Bonchev–Trinajstić information content (AvgIpc) is 3.53. The van der Waals surface area contributed by atoms with Gasteiger partial charge < -0.3 is 15.0 Å². The van der Waals surface area contributed by atoms with Crippen LogP contribution in [0.1, 0.15) is 16.0 Å². The summed E-state index contributed by atoms with van der Waals surface area (Å²) in [4.78, 5) is 29.5. The van der Waals surface area contributed by atoms with Gasteiger partial charge in [-0.3, -0.25) is 4.79 Å². The predicted molar refractivity (Wildman–Crippen MR) is 144 cm³/mol. The summed E-state index contributed by atoms with van der Waals surface area (Å²) < 4.78 is 7.77. The van der Waals surface area contributed by atoms with E-state index in [0.29, 0.717) is 24.7 Å². The highest BCUT2D eigenvalue weighted by molar-refractivity contribution is 7.19. The standard InChI is InChI=1S/C26H22ClN7O2S/c1-16-11-17(4-6-20(16)36-18-5-7-22-28-15-31-34(22)12-18)32-25-24-19-8-10-33(23(35)3-2-9-27)13-21(19)37-26(24)30-14-29-25/h2-7,11-12,14-15H,8-10,13H2,1H3,(H,29,30,32)/b3-2+. The molecule has 0 spiro atoms. The second-order valence-electron chi connectivity index (χ2n) is 8.61. The molecule has 11 heteroatoms. The van der Waals surface area contributed by atoms with Crippen molar-refractivity contribution in [3.63, 3.8) is 0 Å². The Hall–Kier alpha value is -4.02. The zero-order valence-electron chi connectivity index (χ0n) is 19.9. The minimum atomic E-state index is -0.0211. The Labute approximate surface area is 221 Å². The van der Waals surface area contributed by atoms with Gasteiger partial charge in [0.15, 0.2) is 5.65 Å². The van der Waals surface area contributed by atoms with Gasteiger partial charge in [-0.05, 0) is 54.8 Å². The van der Waals surface area contributed by atoms with Crippen molar-refractivity contribution in [1.29, 1.82) is 0 Å². The number of benzene rings is 1. The van der Waals surface area contributed by atoms with Gasteiger partial charge in [-0.1, -0.05) is 6.08 Å². The lowest BCUT2D eigenvalue weighted by Crippen LogP contribution is -2.34. The number of carbonyl (C=O) groups is 1. The highest BCUT2D eigenvalue weighted by Crippen LogP contribution is 2.38. The normalized spacial score (nSPS) is 13.4. The maximum atomic E-state index is 12.4. The Balaban J connectivity index is 1.23. The Morgan fingerprint density at radius 3 is 3.00 bits per heavy atom. The first-order valence-corrected chi connectivity index (χ1v) is 13.1. The lowest BCUT2D eigenvalue weighted by molar-refractivity contribution is -0.126. The van der Waals surface area contributed by atoms with Crippen LogP contribution in [-0.4, -0.2) is 47.8 Å². The number of pyridine rings is 1. The van der Waals surface area contributed by atoms with E-state index < -0.39 is 0 Å². The summed E-state index contributed by atoms with van der Waals surface area (Å²) in [5, 5.41) is 8.64. The van der Waals surface area contributed by atoms with Gasteiger partial charge in [0.05, 0.1) is 18.1 Å². The molecule has 0 saturated heterocycles. The number of hydrogen-bond acceptors (Lipinski definition) is 8. The van der Waals surface area contributed by atoms with Crippen LogP contribution in [0.15, 0.2) is 61.3 Å². The van der Waals surface area contributed by atoms with E-state index in [1.54, 1.807) is 40.5 Å². The Kier molecular flexibility index (Phi) is 6.19. The number of aryl methyl sites for hydroxylation is 1. The van der Waals surface area contributed by atoms with Crippen LogP contribution in [0.3, 0.4) is 0 Å². The fraction of sp³-hybridized carbons (Fsp3) is 0.192. The summed E-state index contributed by atoms with van der Waals surface area (Å²) in [6.07, 6.45) is 8.85. The number of halogens is 1. The molecule has 0 fully saturated rings. The smallest absolute Gasteiger partial charge is 0.246 e. The van der Waals surface area contributed by atoms with E-state index >= 15 is 0 Å². The number of carbonyl (C=O) groups excluding carboxylic acids is 1. The van der Waals surface area contributed by atoms with Crippen LogP contribution < -0.4 is 10.1 Å². The number of thiophene rings is 1. The fourth-order valence-corrected chi connectivity index (χ4v) is 5.72. The number of allylic oxidation sites excluding steroid dienone is 1. The lowest BCUT2D eigenvalue weighted by atomic mass is 10.0. The Morgan fingerprint density at radius 1 is 1.22 bits per heavy atom. The van der Waals surface area contributed by atoms with Crippen LogP contribution in [0.4, 0.5) is 11.5 Å². The van der Waals surface area contributed by atoms with Crippen molar-refractivity contribution in [1.82, 2.24) is 29.5 Å². The lowest BCUT2D eigenvalue weighted by Gasteiger charge is -2.26. The number of ether oxygens (including phenoxy) is 1. The van der Waals surface area contributed by atoms with E-state index in [1.807, 2.05) is 42.2 Å². The first kappa shape index (κ1) is 23.4. The number of rotatable bonds is 6. The van der Waals surface area contributed by atoms with E-state index in [0.717, 1.165) is 50.0 Å². The number of nitrogens with one attached hydrogen (secondary N) is 1. The minimum Gasteiger partial charge on any atom is -0.455 e. The van der Waals surface area contributed by atoms with Gasteiger partial charge >= 0.3 is 0 Å². The van der Waals surface area contributed by atoms with Crippen LogP contribution in [-0.2, 0) is 17.8 Å². The molecule has 0 atom stereocenters. The van der Waals surface area contributed by atoms with Gasteiger partial charge in [0, 0.05) is 29.1 Å². The maximum absolute atomic E-state index is 12.4. The Bertz CT molecular complexity index is 1660. The monoisotopic (exact) mass is 531 g/mol. The molecule has 1 aromatic carbocycles. The quantitative estimate of drug-likeness (QED) is 0.236. The molecular formula is C26H22ClN7O2S. The average molecular weight is 532 g/mol. The van der Waals surface area contributed by atoms with Gasteiger partial charge in [0.1, 0.15) is 34.8 Å². The zero-order chi connectivity index (χ0) is 25.4. The van der Waals surface area contributed by atoms with Gasteiger partial charge in [0.2, 0.25) is 5.91 Å². The molecule has 1 amide bonds. The number of anilines is 2. The van der Waals surface area contributed by atoms with E-state index in [-0.39, 0.29) is 5.91 Å². The van der Waals surface area contributed by atoms with E-state index in [1.165, 1.54) is 11.9 Å². The third-order valence-corrected chi connectivity index (χ3v) is 7.51. The topological polar surface area (TPSA) is 97.5 Å². The molecule has 0 radical (unpaired) electrons. The molecule has 1 aliphatic heterocycles. The van der Waals surface area contributed by atoms with Crippen molar-refractivity contribution in [2.75, 3.05) is 17.7 Å². The van der Waals surface area contributed by atoms with Gasteiger partial charge in [-0.15, -0.1) is 22.9 Å². The van der Waals surface area contributed by atoms with Crippen molar-refractivity contribution in [3.05, 3.63) is 77.3 Å². The number of hydrogen-bond donors (Lipinski definition) is 1. The van der Waals surface area contributed by atoms with Crippen LogP contribution >= 0.6 is 22.9 Å². The molecule has 37 heavy (non-hydrogen) atoms. The molecule has 1 aliphatic rings. The molecule has 0 aliphatic carbocycles. The second kappa shape index (κ2) is 9.79. The molecule has 0 saturated carbocycles. The third-order valence-electron chi connectivity index (χ3n) is 6.21. The second-order valence-corrected chi connectivity index (χ2v) is 10.00. The predicted octanol–water partition coefficient (Wildman–Crippen LogP) is 5.26. The molecule has 5 aromatic rings. The van der Waals surface area contributed by atoms with Gasteiger partial charge in [-0.25, -0.2) is 19.5 Å². The molecule has 1 N–H and O–H groups in total. The summed E-state index contributed by atoms with van der Waals surface area (Å²) in [7, 11) is 0. The molecule has 4 aromatic heterocycles. The highest BCUT2D eigenvalue weighted by Gasteiger charge is 2.25. The van der Waals surface area contributed by atoms with Crippen LogP contribution in [0.5, 0.6) is 11.5 Å². The minimum absolute atomic E-state index is 0.0211. The zero-order valence-corrected chi connectivity index (χ0v) is 21.5. The van der Waals surface area contributed by atoms with Gasteiger partial charge in [-0.2, -0.15) is 5.10 Å². The molecule has 6 rings (SSSR count). The molecule has 5 heterocycles. The van der Waals surface area contributed by atoms with Crippen molar-refractivity contribution >= 4 is 56.2 Å². The fourth-order valence-electron chi connectivity index (χ4n) is 4.43. The van der Waals surface area contributed by atoms with Crippen LogP contribution in [0.25, 0.3) is 15.9 Å². The van der Waals surface area contributed by atoms with Crippen molar-refractivity contribution < 1.29 is 9.53 Å². The van der Waals surface area contributed by atoms with Gasteiger partial charge in [0.25, 0.3) is 0 Å². The molecular weight excluding hydrogens is 510 g/mol. The molecule has 0 unspecified atom stereocenters. The maximum Gasteiger partial charge on any atom is 0.246 e. The molecule has 0 bridgehead atoms. The first-order chi connectivity index (χ1) is 18.1. The van der Waals surface area contributed by atoms with E-state index in [9.17, 15) is 4.79 Å². The summed E-state index contributed by atoms with van der Waals surface area (Å²) in [5.41, 5.74) is 3.84. The first-order valence-electron chi connectivity index (χ1n) is 11.7. The highest BCUT2D eigenvalue weighted by atomic mass is 35.5. The third kappa shape index (κ3) is 4.61. The summed E-state index contributed by atoms with van der Waals surface area (Å²) in [6.45, 7) is 3.21. The van der Waals surface area contributed by atoms with Crippen molar-refractivity contribution in [2.45, 2.75) is 19.9 Å². The number of amides is 1. The summed E-state index contributed by atoms with van der Waals surface area (Å²) in [6, 6.07) is 9.66. The Morgan fingerprint density at radius 2 is 2.14 bits per heavy atom. The largest absolute Gasteiger partial charge is 0.455 e. The van der Waals surface area contributed by atoms with E-state index in [4.69, 9.17) is 16.3 Å². The van der Waals surface area contributed by atoms with E-state index in [2.05, 4.69) is 25.4 Å². The van der Waals surface area contributed by atoms with Crippen molar-refractivity contribution in [2.24, 2.45) is 0 Å². The number of alkyl halides is 1.